The first kappa shape index (κ1) is 21.0. The number of ether oxygens (including phenoxy) is 1. The van der Waals surface area contributed by atoms with Gasteiger partial charge in [-0.2, -0.15) is 0 Å². The molecule has 26 heavy (non-hydrogen) atoms. The molecule has 1 aliphatic heterocycles. The molecule has 1 aromatic carbocycles. The van der Waals surface area contributed by atoms with Crippen molar-refractivity contribution in [3.8, 4) is 0 Å². The van der Waals surface area contributed by atoms with E-state index >= 15 is 0 Å². The van der Waals surface area contributed by atoms with Crippen molar-refractivity contribution in [3.63, 3.8) is 0 Å². The fourth-order valence-electron chi connectivity index (χ4n) is 2.95. The van der Waals surface area contributed by atoms with E-state index in [2.05, 4.69) is 12.1 Å². The molecule has 1 heterocycles. The first-order valence-electron chi connectivity index (χ1n) is 9.49. The fourth-order valence-corrected chi connectivity index (χ4v) is 4.22. The molecule has 2 rings (SSSR count). The predicted octanol–water partition coefficient (Wildman–Crippen LogP) is 3.93. The average molecular weight is 378 g/mol. The Kier molecular flexibility index (Phi) is 7.71. The zero-order valence-corrected chi connectivity index (χ0v) is 17.2. The minimum Gasteiger partial charge on any atom is -0.375 e. The molecule has 144 valence electrons. The molecule has 0 spiro atoms. The van der Waals surface area contributed by atoms with Crippen LogP contribution in [0.1, 0.15) is 46.1 Å². The molecular weight excluding hydrogens is 346 g/mol. The van der Waals surface area contributed by atoms with E-state index in [4.69, 9.17) is 4.74 Å². The summed E-state index contributed by atoms with van der Waals surface area (Å²) in [6, 6.07) is 10.4. The van der Waals surface area contributed by atoms with E-state index in [-0.39, 0.29) is 23.2 Å². The number of hydrogen-bond donors (Lipinski definition) is 0. The third-order valence-electron chi connectivity index (χ3n) is 5.12. The molecule has 1 aliphatic rings. The van der Waals surface area contributed by atoms with E-state index in [1.807, 2.05) is 45.9 Å². The molecule has 4 nitrogen and oxygen atoms in total. The number of ketones is 1. The van der Waals surface area contributed by atoms with Gasteiger partial charge in [0, 0.05) is 24.3 Å². The van der Waals surface area contributed by atoms with Gasteiger partial charge in [0.2, 0.25) is 5.78 Å². The van der Waals surface area contributed by atoms with Gasteiger partial charge in [0.05, 0.1) is 6.10 Å². The van der Waals surface area contributed by atoms with Crippen molar-refractivity contribution in [1.29, 1.82) is 0 Å². The zero-order chi connectivity index (χ0) is 19.2. The summed E-state index contributed by atoms with van der Waals surface area (Å²) in [6.45, 7) is 8.91. The zero-order valence-electron chi connectivity index (χ0n) is 16.4. The number of benzene rings is 1. The van der Waals surface area contributed by atoms with Crippen molar-refractivity contribution in [2.45, 2.75) is 58.4 Å². The maximum atomic E-state index is 12.7. The van der Waals surface area contributed by atoms with E-state index in [9.17, 15) is 9.59 Å². The van der Waals surface area contributed by atoms with Gasteiger partial charge in [-0.15, -0.1) is 11.8 Å². The molecular formula is C21H31NO3S. The Morgan fingerprint density at radius 3 is 2.65 bits per heavy atom. The molecule has 1 aromatic rings. The monoisotopic (exact) mass is 377 g/mol. The predicted molar refractivity (Wildman–Crippen MR) is 107 cm³/mol. The smallest absolute Gasteiger partial charge is 0.291 e. The minimum absolute atomic E-state index is 0.0733. The van der Waals surface area contributed by atoms with Crippen molar-refractivity contribution >= 4 is 23.5 Å². The average Bonchev–Trinajstić information content (AvgIpc) is 3.14. The Labute approximate surface area is 161 Å². The molecule has 5 heteroatoms. The Bertz CT molecular complexity index is 603. The molecule has 0 bridgehead atoms. The summed E-state index contributed by atoms with van der Waals surface area (Å²) in [5.41, 5.74) is 0.706. The van der Waals surface area contributed by atoms with Gasteiger partial charge in [0.15, 0.2) is 0 Å². The molecule has 0 unspecified atom stereocenters. The fraction of sp³-hybridized carbons (Fsp3) is 0.619. The van der Waals surface area contributed by atoms with E-state index in [0.29, 0.717) is 19.6 Å². The number of rotatable bonds is 9. The SMILES string of the molecule is CCC(C)(C)C(=O)C(=O)N1CCS[C@@H]1[C@H](C)OCCCc1ccccc1. The highest BCUT2D eigenvalue weighted by atomic mass is 32.2. The summed E-state index contributed by atoms with van der Waals surface area (Å²) in [5.74, 6) is 0.212. The van der Waals surface area contributed by atoms with Gasteiger partial charge in [-0.1, -0.05) is 51.1 Å². The van der Waals surface area contributed by atoms with Gasteiger partial charge < -0.3 is 9.64 Å². The van der Waals surface area contributed by atoms with E-state index in [0.717, 1.165) is 18.6 Å². The Morgan fingerprint density at radius 1 is 1.31 bits per heavy atom. The summed E-state index contributed by atoms with van der Waals surface area (Å²) in [7, 11) is 0. The second-order valence-corrected chi connectivity index (χ2v) is 8.72. The number of thioether (sulfide) groups is 1. The topological polar surface area (TPSA) is 46.6 Å². The second kappa shape index (κ2) is 9.56. The van der Waals surface area contributed by atoms with Crippen LogP contribution in [0.25, 0.3) is 0 Å². The lowest BCUT2D eigenvalue weighted by Crippen LogP contribution is -2.48. The lowest BCUT2D eigenvalue weighted by molar-refractivity contribution is -0.150. The summed E-state index contributed by atoms with van der Waals surface area (Å²) >= 11 is 1.70. The van der Waals surface area contributed by atoms with Crippen molar-refractivity contribution < 1.29 is 14.3 Å². The third-order valence-corrected chi connectivity index (χ3v) is 6.51. The normalized spacial score (nSPS) is 18.8. The van der Waals surface area contributed by atoms with Gasteiger partial charge in [-0.05, 0) is 31.7 Å². The quantitative estimate of drug-likeness (QED) is 0.483. The Hall–Kier alpha value is -1.33. The number of nitrogens with zero attached hydrogens (tertiary/aromatic N) is 1. The number of aryl methyl sites for hydroxylation is 1. The summed E-state index contributed by atoms with van der Waals surface area (Å²) in [6.07, 6.45) is 2.51. The second-order valence-electron chi connectivity index (χ2n) is 7.49. The van der Waals surface area contributed by atoms with Gasteiger partial charge in [-0.3, -0.25) is 9.59 Å². The van der Waals surface area contributed by atoms with Crippen LogP contribution in [0, 0.1) is 5.41 Å². The van der Waals surface area contributed by atoms with Crippen LogP contribution < -0.4 is 0 Å². The van der Waals surface area contributed by atoms with Crippen LogP contribution in [0.15, 0.2) is 30.3 Å². The molecule has 1 amide bonds. The number of hydrogen-bond acceptors (Lipinski definition) is 4. The molecule has 2 atom stereocenters. The van der Waals surface area contributed by atoms with E-state index in [1.54, 1.807) is 16.7 Å². The molecule has 0 N–H and O–H groups in total. The molecule has 0 aliphatic carbocycles. The first-order valence-corrected chi connectivity index (χ1v) is 10.5. The lowest BCUT2D eigenvalue weighted by atomic mass is 9.84. The van der Waals surface area contributed by atoms with Crippen LogP contribution >= 0.6 is 11.8 Å². The van der Waals surface area contributed by atoms with Crippen LogP contribution in [0.3, 0.4) is 0 Å². The molecule has 0 aromatic heterocycles. The summed E-state index contributed by atoms with van der Waals surface area (Å²) in [4.78, 5) is 26.9. The highest BCUT2D eigenvalue weighted by Crippen LogP contribution is 2.30. The van der Waals surface area contributed by atoms with Gasteiger partial charge in [0.1, 0.15) is 5.37 Å². The number of carbonyl (C=O) groups excluding carboxylic acids is 2. The van der Waals surface area contributed by atoms with Crippen LogP contribution in [-0.2, 0) is 20.7 Å². The molecule has 1 fully saturated rings. The van der Waals surface area contributed by atoms with Crippen LogP contribution in [0.4, 0.5) is 0 Å². The highest BCUT2D eigenvalue weighted by Gasteiger charge is 2.40. The van der Waals surface area contributed by atoms with Gasteiger partial charge >= 0.3 is 0 Å². The van der Waals surface area contributed by atoms with E-state index in [1.165, 1.54) is 5.56 Å². The highest BCUT2D eigenvalue weighted by molar-refractivity contribution is 8.00. The standard InChI is InChI=1S/C21H31NO3S/c1-5-21(3,4)18(23)19(24)22-13-15-26-20(22)16(2)25-14-9-12-17-10-7-6-8-11-17/h6-8,10-11,16,20H,5,9,12-15H2,1-4H3/t16-,20+/m0/s1. The summed E-state index contributed by atoms with van der Waals surface area (Å²) in [5, 5.41) is -0.0733. The molecule has 0 saturated carbocycles. The van der Waals surface area contributed by atoms with Crippen LogP contribution in [0.5, 0.6) is 0 Å². The Balaban J connectivity index is 1.84. The van der Waals surface area contributed by atoms with Crippen molar-refractivity contribution in [3.05, 3.63) is 35.9 Å². The van der Waals surface area contributed by atoms with Crippen LogP contribution in [0.2, 0.25) is 0 Å². The lowest BCUT2D eigenvalue weighted by Gasteiger charge is -2.30. The minimum atomic E-state index is -0.603. The maximum absolute atomic E-state index is 12.7. The van der Waals surface area contributed by atoms with Gasteiger partial charge in [-0.25, -0.2) is 0 Å². The third kappa shape index (κ3) is 5.34. The maximum Gasteiger partial charge on any atom is 0.291 e. The first-order chi connectivity index (χ1) is 12.4. The van der Waals surface area contributed by atoms with Crippen molar-refractivity contribution in [2.75, 3.05) is 18.9 Å². The largest absolute Gasteiger partial charge is 0.375 e. The van der Waals surface area contributed by atoms with Crippen molar-refractivity contribution in [2.24, 2.45) is 5.41 Å². The number of carbonyl (C=O) groups is 2. The number of Topliss-reactive ketones (excluding diaryl/α,β-unsaturated/α-hetero) is 1. The number of amides is 1. The molecule has 0 radical (unpaired) electrons. The van der Waals surface area contributed by atoms with Crippen LogP contribution in [-0.4, -0.2) is 47.0 Å². The summed E-state index contributed by atoms with van der Waals surface area (Å²) < 4.78 is 5.99. The van der Waals surface area contributed by atoms with Crippen molar-refractivity contribution in [1.82, 2.24) is 4.90 Å². The molecule has 1 saturated heterocycles. The van der Waals surface area contributed by atoms with Gasteiger partial charge in [0.25, 0.3) is 5.91 Å². The van der Waals surface area contributed by atoms with E-state index < -0.39 is 5.41 Å². The Morgan fingerprint density at radius 2 is 2.00 bits per heavy atom.